The predicted octanol–water partition coefficient (Wildman–Crippen LogP) is 4.15. The minimum absolute atomic E-state index is 0.211. The van der Waals surface area contributed by atoms with Gasteiger partial charge in [0.1, 0.15) is 11.5 Å². The molecule has 0 radical (unpaired) electrons. The molecule has 1 amide bonds. The molecule has 0 aliphatic carbocycles. The van der Waals surface area contributed by atoms with E-state index in [-0.39, 0.29) is 5.41 Å². The van der Waals surface area contributed by atoms with Gasteiger partial charge in [-0.2, -0.15) is 18.3 Å². The summed E-state index contributed by atoms with van der Waals surface area (Å²) in [6, 6.07) is 11.9. The number of carbonyl (C=O) groups is 1. The van der Waals surface area contributed by atoms with E-state index in [1.807, 2.05) is 37.4 Å². The summed E-state index contributed by atoms with van der Waals surface area (Å²) >= 11 is 0. The van der Waals surface area contributed by atoms with Crippen LogP contribution in [-0.4, -0.2) is 57.0 Å². The molecule has 2 saturated heterocycles. The van der Waals surface area contributed by atoms with Crippen molar-refractivity contribution in [1.29, 1.82) is 0 Å². The Labute approximate surface area is 202 Å². The third kappa shape index (κ3) is 3.49. The van der Waals surface area contributed by atoms with E-state index in [1.165, 1.54) is 4.90 Å². The van der Waals surface area contributed by atoms with E-state index in [2.05, 4.69) is 20.2 Å². The van der Waals surface area contributed by atoms with Crippen molar-refractivity contribution in [3.63, 3.8) is 0 Å². The van der Waals surface area contributed by atoms with Gasteiger partial charge in [-0.1, -0.05) is 24.3 Å². The number of benzene rings is 2. The van der Waals surface area contributed by atoms with Crippen molar-refractivity contribution in [2.75, 3.05) is 31.1 Å². The van der Waals surface area contributed by atoms with Crippen LogP contribution in [0.2, 0.25) is 0 Å². The Kier molecular flexibility index (Phi) is 4.83. The molecule has 2 aliphatic heterocycles. The smallest absolute Gasteiger partial charge is 0.353 e. The highest BCUT2D eigenvalue weighted by molar-refractivity contribution is 6.00. The highest BCUT2D eigenvalue weighted by atomic mass is 19.4. The fourth-order valence-electron chi connectivity index (χ4n) is 5.25. The van der Waals surface area contributed by atoms with Gasteiger partial charge in [0.15, 0.2) is 5.82 Å². The molecule has 4 aromatic rings. The summed E-state index contributed by atoms with van der Waals surface area (Å²) in [5, 5.41) is 15.1. The summed E-state index contributed by atoms with van der Waals surface area (Å²) < 4.78 is 55.2. The summed E-state index contributed by atoms with van der Waals surface area (Å²) in [5.41, 5.74) is -0.420. The number of aromatic nitrogens is 4. The van der Waals surface area contributed by atoms with Crippen molar-refractivity contribution >= 4 is 22.5 Å². The number of fused-ring (bicyclic) bond motifs is 1. The number of hydrogen-bond acceptors (Lipinski definition) is 5. The van der Waals surface area contributed by atoms with Crippen molar-refractivity contribution < 1.29 is 22.4 Å². The van der Waals surface area contributed by atoms with Crippen LogP contribution in [0.15, 0.2) is 54.7 Å². The van der Waals surface area contributed by atoms with Crippen LogP contribution in [0.25, 0.3) is 22.2 Å². The lowest BCUT2D eigenvalue weighted by molar-refractivity contribution is -0.138. The molecule has 2 fully saturated rings. The zero-order valence-electron chi connectivity index (χ0n) is 19.1. The van der Waals surface area contributed by atoms with Gasteiger partial charge in [0.25, 0.3) is 5.91 Å². The summed E-state index contributed by atoms with van der Waals surface area (Å²) in [6.45, 7) is 1.87. The second-order valence-electron chi connectivity index (χ2n) is 9.46. The second kappa shape index (κ2) is 7.74. The predicted molar refractivity (Wildman–Crippen MR) is 124 cm³/mol. The zero-order chi connectivity index (χ0) is 25.2. The molecule has 2 aliphatic rings. The van der Waals surface area contributed by atoms with Gasteiger partial charge >= 0.3 is 6.18 Å². The zero-order valence-corrected chi connectivity index (χ0v) is 19.1. The van der Waals surface area contributed by atoms with E-state index in [0.717, 1.165) is 40.1 Å². The molecule has 36 heavy (non-hydrogen) atoms. The Bertz CT molecular complexity index is 1500. The third-order valence-corrected chi connectivity index (χ3v) is 6.94. The number of rotatable bonds is 3. The number of carbonyl (C=O) groups excluding carboxylic acids is 1. The monoisotopic (exact) mass is 496 g/mol. The number of hydrogen-bond donors (Lipinski definition) is 0. The first-order valence-electron chi connectivity index (χ1n) is 11.3. The van der Waals surface area contributed by atoms with Gasteiger partial charge in [-0.15, -0.1) is 10.2 Å². The highest BCUT2D eigenvalue weighted by Gasteiger charge is 2.54. The Morgan fingerprint density at radius 2 is 1.69 bits per heavy atom. The van der Waals surface area contributed by atoms with Crippen LogP contribution < -0.4 is 4.90 Å². The maximum absolute atomic E-state index is 13.4. The normalized spacial score (nSPS) is 16.8. The van der Waals surface area contributed by atoms with Crippen LogP contribution in [0.5, 0.6) is 0 Å². The van der Waals surface area contributed by atoms with Crippen molar-refractivity contribution in [1.82, 2.24) is 24.9 Å². The largest absolute Gasteiger partial charge is 0.417 e. The first-order valence-corrected chi connectivity index (χ1v) is 11.3. The molecule has 11 heteroatoms. The molecule has 0 atom stereocenters. The third-order valence-electron chi connectivity index (χ3n) is 6.94. The van der Waals surface area contributed by atoms with Gasteiger partial charge in [0.2, 0.25) is 0 Å². The van der Waals surface area contributed by atoms with Gasteiger partial charge in [-0.05, 0) is 24.3 Å². The topological polar surface area (TPSA) is 67.2 Å². The number of halogens is 4. The van der Waals surface area contributed by atoms with Gasteiger partial charge in [-0.3, -0.25) is 9.48 Å². The molecular weight excluding hydrogens is 476 g/mol. The average molecular weight is 496 g/mol. The second-order valence-corrected chi connectivity index (χ2v) is 9.46. The lowest BCUT2D eigenvalue weighted by atomic mass is 9.72. The fraction of sp³-hybridized carbons (Fsp3) is 0.280. The first-order chi connectivity index (χ1) is 17.2. The SMILES string of the molecule is Cn1nccc1-c1nnc(N2CC3(CN(C(=O)c4ccc(F)cc4C(F)(F)F)C3)C2)c2ccccc12. The Morgan fingerprint density at radius 1 is 0.972 bits per heavy atom. The minimum Gasteiger partial charge on any atom is -0.353 e. The van der Waals surface area contributed by atoms with Crippen LogP contribution in [-0.2, 0) is 13.2 Å². The van der Waals surface area contributed by atoms with Gasteiger partial charge in [-0.25, -0.2) is 4.39 Å². The van der Waals surface area contributed by atoms with Crippen LogP contribution in [0.1, 0.15) is 15.9 Å². The molecule has 7 nitrogen and oxygen atoms in total. The fourth-order valence-corrected chi connectivity index (χ4v) is 5.25. The molecule has 2 aromatic carbocycles. The van der Waals surface area contributed by atoms with Gasteiger partial charge < -0.3 is 9.80 Å². The first kappa shape index (κ1) is 22.4. The Hall–Kier alpha value is -4.02. The lowest BCUT2D eigenvalue weighted by Gasteiger charge is -2.60. The van der Waals surface area contributed by atoms with Crippen molar-refractivity contribution in [2.45, 2.75) is 6.18 Å². The Balaban J connectivity index is 1.20. The van der Waals surface area contributed by atoms with Crippen LogP contribution in [0.3, 0.4) is 0 Å². The standard InChI is InChI=1S/C25H20F4N6O/c1-33-20(8-9-30-33)21-16-4-2-3-5-17(16)22(32-31-21)34-11-24(12-34)13-35(14-24)23(36)18-7-6-15(26)10-19(18)25(27,28)29/h2-10H,11-14H2,1H3. The van der Waals surface area contributed by atoms with E-state index in [9.17, 15) is 22.4 Å². The molecular formula is C25H20F4N6O. The number of nitrogens with zero attached hydrogens (tertiary/aromatic N) is 6. The molecule has 4 heterocycles. The number of alkyl halides is 3. The maximum Gasteiger partial charge on any atom is 0.417 e. The van der Waals surface area contributed by atoms with Gasteiger partial charge in [0, 0.05) is 55.6 Å². The van der Waals surface area contributed by atoms with Crippen molar-refractivity contribution in [3.8, 4) is 11.4 Å². The van der Waals surface area contributed by atoms with E-state index < -0.39 is 29.0 Å². The summed E-state index contributed by atoms with van der Waals surface area (Å²) in [6.07, 6.45) is -3.11. The summed E-state index contributed by atoms with van der Waals surface area (Å²) in [5.74, 6) is -1.04. The number of amides is 1. The summed E-state index contributed by atoms with van der Waals surface area (Å²) in [7, 11) is 1.84. The van der Waals surface area contributed by atoms with Crippen LogP contribution in [0.4, 0.5) is 23.4 Å². The minimum atomic E-state index is -4.82. The quantitative estimate of drug-likeness (QED) is 0.399. The van der Waals surface area contributed by atoms with E-state index in [0.29, 0.717) is 32.2 Å². The number of likely N-dealkylation sites (tertiary alicyclic amines) is 1. The van der Waals surface area contributed by atoms with Crippen LogP contribution >= 0.6 is 0 Å². The lowest BCUT2D eigenvalue weighted by Crippen LogP contribution is -2.73. The molecule has 2 aromatic heterocycles. The molecule has 184 valence electrons. The average Bonchev–Trinajstić information content (AvgIpc) is 3.22. The van der Waals surface area contributed by atoms with Crippen molar-refractivity contribution in [2.24, 2.45) is 12.5 Å². The molecule has 6 rings (SSSR count). The number of aryl methyl sites for hydroxylation is 1. The molecule has 0 unspecified atom stereocenters. The number of anilines is 1. The Morgan fingerprint density at radius 3 is 2.36 bits per heavy atom. The summed E-state index contributed by atoms with van der Waals surface area (Å²) in [4.78, 5) is 16.3. The molecule has 0 saturated carbocycles. The van der Waals surface area contributed by atoms with Crippen LogP contribution in [0, 0.1) is 11.2 Å². The van der Waals surface area contributed by atoms with E-state index in [4.69, 9.17) is 0 Å². The molecule has 0 N–H and O–H groups in total. The molecule has 0 bridgehead atoms. The van der Waals surface area contributed by atoms with Gasteiger partial charge in [0.05, 0.1) is 16.8 Å². The van der Waals surface area contributed by atoms with E-state index in [1.54, 1.807) is 10.9 Å². The molecule has 1 spiro atoms. The highest BCUT2D eigenvalue weighted by Crippen LogP contribution is 2.44. The maximum atomic E-state index is 13.4. The van der Waals surface area contributed by atoms with Crippen molar-refractivity contribution in [3.05, 3.63) is 71.7 Å². The van der Waals surface area contributed by atoms with E-state index >= 15 is 0 Å².